The average Bonchev–Trinajstić information content (AvgIpc) is 2.88. The van der Waals surface area contributed by atoms with Crippen molar-refractivity contribution in [3.8, 4) is 0 Å². The second-order valence-corrected chi connectivity index (χ2v) is 5.83. The van der Waals surface area contributed by atoms with Crippen LogP contribution in [0.25, 0.3) is 0 Å². The van der Waals surface area contributed by atoms with Crippen LogP contribution in [0.5, 0.6) is 0 Å². The number of fused-ring (bicyclic) bond motifs is 1. The number of carbonyl (C=O) groups is 1. The van der Waals surface area contributed by atoms with Crippen LogP contribution < -0.4 is 10.6 Å². The van der Waals surface area contributed by atoms with Crippen molar-refractivity contribution in [2.24, 2.45) is 0 Å². The molecule has 22 heavy (non-hydrogen) atoms. The van der Waals surface area contributed by atoms with E-state index >= 15 is 0 Å². The van der Waals surface area contributed by atoms with Crippen LogP contribution in [0.3, 0.4) is 0 Å². The van der Waals surface area contributed by atoms with E-state index in [9.17, 15) is 9.18 Å². The third-order valence-electron chi connectivity index (χ3n) is 3.83. The Bertz CT molecular complexity index is 705. The van der Waals surface area contributed by atoms with Crippen LogP contribution in [0.4, 0.5) is 9.18 Å². The highest BCUT2D eigenvalue weighted by atomic mass is 35.5. The Morgan fingerprint density at radius 1 is 1.27 bits per heavy atom. The molecule has 5 heteroatoms. The molecule has 0 saturated heterocycles. The maximum absolute atomic E-state index is 13.3. The van der Waals surface area contributed by atoms with E-state index in [1.54, 1.807) is 12.1 Å². The molecule has 0 spiro atoms. The predicted octanol–water partition coefficient (Wildman–Crippen LogP) is 3.97. The van der Waals surface area contributed by atoms with Gasteiger partial charge < -0.3 is 10.6 Å². The number of rotatable bonds is 3. The molecule has 2 amide bonds. The molecule has 0 heterocycles. The first kappa shape index (κ1) is 14.9. The van der Waals surface area contributed by atoms with Crippen molar-refractivity contribution in [1.29, 1.82) is 0 Å². The van der Waals surface area contributed by atoms with E-state index in [0.717, 1.165) is 29.5 Å². The number of urea groups is 1. The van der Waals surface area contributed by atoms with E-state index in [4.69, 9.17) is 11.6 Å². The van der Waals surface area contributed by atoms with Gasteiger partial charge in [0.25, 0.3) is 0 Å². The van der Waals surface area contributed by atoms with E-state index in [2.05, 4.69) is 10.6 Å². The standard InChI is InChI=1S/C17H16ClFN2O/c18-13-3-1-2-11(8-13)10-20-17(22)21-16-7-5-12-4-6-14(19)9-15(12)16/h1-4,6,8-9,16H,5,7,10H2,(H2,20,21,22). The highest BCUT2D eigenvalue weighted by Gasteiger charge is 2.24. The van der Waals surface area contributed by atoms with Crippen molar-refractivity contribution < 1.29 is 9.18 Å². The number of aryl methyl sites for hydroxylation is 1. The zero-order chi connectivity index (χ0) is 15.5. The summed E-state index contributed by atoms with van der Waals surface area (Å²) >= 11 is 5.90. The van der Waals surface area contributed by atoms with E-state index in [1.165, 1.54) is 12.1 Å². The molecule has 3 nitrogen and oxygen atoms in total. The summed E-state index contributed by atoms with van der Waals surface area (Å²) in [4.78, 5) is 12.0. The maximum Gasteiger partial charge on any atom is 0.315 e. The van der Waals surface area contributed by atoms with Crippen LogP contribution >= 0.6 is 11.6 Å². The summed E-state index contributed by atoms with van der Waals surface area (Å²) in [6, 6.07) is 11.7. The second kappa shape index (κ2) is 6.36. The van der Waals surface area contributed by atoms with Gasteiger partial charge in [0.05, 0.1) is 6.04 Å². The number of hydrogen-bond donors (Lipinski definition) is 2. The first-order valence-electron chi connectivity index (χ1n) is 7.19. The Morgan fingerprint density at radius 2 is 2.14 bits per heavy atom. The van der Waals surface area contributed by atoms with Crippen molar-refractivity contribution in [3.05, 3.63) is 70.0 Å². The van der Waals surface area contributed by atoms with E-state index < -0.39 is 0 Å². The monoisotopic (exact) mass is 318 g/mol. The van der Waals surface area contributed by atoms with Crippen LogP contribution in [-0.2, 0) is 13.0 Å². The lowest BCUT2D eigenvalue weighted by Crippen LogP contribution is -2.36. The molecular formula is C17H16ClFN2O. The Morgan fingerprint density at radius 3 is 2.95 bits per heavy atom. The van der Waals surface area contributed by atoms with Gasteiger partial charge in [0.1, 0.15) is 5.82 Å². The number of halogens is 2. The van der Waals surface area contributed by atoms with Gasteiger partial charge in [-0.2, -0.15) is 0 Å². The summed E-state index contributed by atoms with van der Waals surface area (Å²) in [6.07, 6.45) is 1.65. The van der Waals surface area contributed by atoms with Crippen LogP contribution in [0.2, 0.25) is 5.02 Å². The largest absolute Gasteiger partial charge is 0.334 e. The number of benzene rings is 2. The molecule has 0 fully saturated rings. The second-order valence-electron chi connectivity index (χ2n) is 5.39. The van der Waals surface area contributed by atoms with Gasteiger partial charge in [0, 0.05) is 11.6 Å². The lowest BCUT2D eigenvalue weighted by Gasteiger charge is -2.15. The highest BCUT2D eigenvalue weighted by Crippen LogP contribution is 2.31. The first-order chi connectivity index (χ1) is 10.6. The van der Waals surface area contributed by atoms with Gasteiger partial charge in [0.15, 0.2) is 0 Å². The maximum atomic E-state index is 13.3. The van der Waals surface area contributed by atoms with Crippen molar-refractivity contribution >= 4 is 17.6 Å². The fraction of sp³-hybridized carbons (Fsp3) is 0.235. The number of hydrogen-bond acceptors (Lipinski definition) is 1. The van der Waals surface area contributed by atoms with Gasteiger partial charge in [0.2, 0.25) is 0 Å². The summed E-state index contributed by atoms with van der Waals surface area (Å²) in [6.45, 7) is 0.398. The van der Waals surface area contributed by atoms with E-state index in [0.29, 0.717) is 11.6 Å². The molecule has 2 aromatic carbocycles. The van der Waals surface area contributed by atoms with Gasteiger partial charge in [-0.25, -0.2) is 9.18 Å². The third-order valence-corrected chi connectivity index (χ3v) is 4.07. The Labute approximate surface area is 133 Å². The Kier molecular flexibility index (Phi) is 4.29. The van der Waals surface area contributed by atoms with Crippen LogP contribution in [0, 0.1) is 5.82 Å². The Hall–Kier alpha value is -2.07. The van der Waals surface area contributed by atoms with Crippen molar-refractivity contribution in [1.82, 2.24) is 10.6 Å². The van der Waals surface area contributed by atoms with Gasteiger partial charge in [-0.15, -0.1) is 0 Å². The number of carbonyl (C=O) groups excluding carboxylic acids is 1. The quantitative estimate of drug-likeness (QED) is 0.883. The molecule has 0 radical (unpaired) electrons. The lowest BCUT2D eigenvalue weighted by molar-refractivity contribution is 0.236. The zero-order valence-electron chi connectivity index (χ0n) is 11.9. The van der Waals surface area contributed by atoms with Crippen LogP contribution in [0.1, 0.15) is 29.2 Å². The average molecular weight is 319 g/mol. The molecule has 0 saturated carbocycles. The van der Waals surface area contributed by atoms with Crippen LogP contribution in [-0.4, -0.2) is 6.03 Å². The minimum Gasteiger partial charge on any atom is -0.334 e. The minimum atomic E-state index is -0.271. The highest BCUT2D eigenvalue weighted by molar-refractivity contribution is 6.30. The van der Waals surface area contributed by atoms with Gasteiger partial charge >= 0.3 is 6.03 Å². The summed E-state index contributed by atoms with van der Waals surface area (Å²) in [7, 11) is 0. The van der Waals surface area contributed by atoms with Gasteiger partial charge in [-0.05, 0) is 53.8 Å². The van der Waals surface area contributed by atoms with Crippen molar-refractivity contribution in [2.45, 2.75) is 25.4 Å². The zero-order valence-corrected chi connectivity index (χ0v) is 12.7. The summed E-state index contributed by atoms with van der Waals surface area (Å²) < 4.78 is 13.3. The topological polar surface area (TPSA) is 41.1 Å². The van der Waals surface area contributed by atoms with Gasteiger partial charge in [-0.3, -0.25) is 0 Å². The van der Waals surface area contributed by atoms with Crippen molar-refractivity contribution in [2.75, 3.05) is 0 Å². The molecular weight excluding hydrogens is 303 g/mol. The lowest BCUT2D eigenvalue weighted by atomic mass is 10.1. The number of amides is 2. The van der Waals surface area contributed by atoms with Crippen molar-refractivity contribution in [3.63, 3.8) is 0 Å². The molecule has 0 aliphatic heterocycles. The molecule has 0 bridgehead atoms. The molecule has 2 N–H and O–H groups in total. The summed E-state index contributed by atoms with van der Waals surface area (Å²) in [5.41, 5.74) is 2.90. The molecule has 1 aliphatic carbocycles. The fourth-order valence-electron chi connectivity index (χ4n) is 2.76. The van der Waals surface area contributed by atoms with Gasteiger partial charge in [-0.1, -0.05) is 29.8 Å². The molecule has 2 aromatic rings. The predicted molar refractivity (Wildman–Crippen MR) is 84.3 cm³/mol. The SMILES string of the molecule is O=C(NCc1cccc(Cl)c1)NC1CCc2ccc(F)cc21. The summed E-state index contributed by atoms with van der Waals surface area (Å²) in [5.74, 6) is -0.271. The summed E-state index contributed by atoms with van der Waals surface area (Å²) in [5, 5.41) is 6.33. The molecule has 1 atom stereocenters. The normalized spacial score (nSPS) is 16.2. The first-order valence-corrected chi connectivity index (χ1v) is 7.57. The van der Waals surface area contributed by atoms with Crippen LogP contribution in [0.15, 0.2) is 42.5 Å². The molecule has 1 unspecified atom stereocenters. The minimum absolute atomic E-state index is 0.134. The molecule has 0 aromatic heterocycles. The van der Waals surface area contributed by atoms with E-state index in [-0.39, 0.29) is 17.9 Å². The molecule has 1 aliphatic rings. The smallest absolute Gasteiger partial charge is 0.315 e. The Balaban J connectivity index is 1.58. The van der Waals surface area contributed by atoms with E-state index in [1.807, 2.05) is 18.2 Å². The molecule has 114 valence electrons. The fourth-order valence-corrected chi connectivity index (χ4v) is 2.97. The number of nitrogens with one attached hydrogen (secondary N) is 2. The third kappa shape index (κ3) is 3.39. The molecule has 3 rings (SSSR count).